The highest BCUT2D eigenvalue weighted by Gasteiger charge is 2.27. The number of halogens is 1. The summed E-state index contributed by atoms with van der Waals surface area (Å²) < 4.78 is 32.9. The van der Waals surface area contributed by atoms with Crippen molar-refractivity contribution in [1.29, 1.82) is 5.41 Å². The zero-order valence-corrected chi connectivity index (χ0v) is 21.5. The van der Waals surface area contributed by atoms with Gasteiger partial charge in [-0.15, -0.1) is 9.78 Å². The normalized spacial score (nSPS) is 11.4. The van der Waals surface area contributed by atoms with E-state index in [9.17, 15) is 9.59 Å². The second-order valence-corrected chi connectivity index (χ2v) is 8.17. The molecule has 4 rings (SSSR count). The lowest BCUT2D eigenvalue weighted by Gasteiger charge is -2.21. The summed E-state index contributed by atoms with van der Waals surface area (Å²) in [6.07, 6.45) is 4.34. The number of anilines is 1. The van der Waals surface area contributed by atoms with E-state index in [2.05, 4.69) is 31.9 Å². The van der Waals surface area contributed by atoms with Crippen LogP contribution in [-0.2, 0) is 4.79 Å². The van der Waals surface area contributed by atoms with Crippen LogP contribution >= 0.6 is 0 Å². The number of nitrogens with zero attached hydrogens (tertiary/aromatic N) is 4. The summed E-state index contributed by atoms with van der Waals surface area (Å²) in [6.45, 7) is 4.79. The van der Waals surface area contributed by atoms with Gasteiger partial charge < -0.3 is 25.3 Å². The highest BCUT2D eigenvalue weighted by molar-refractivity contribution is 5.98. The fourth-order valence-electron chi connectivity index (χ4n) is 3.75. The van der Waals surface area contributed by atoms with E-state index in [1.54, 1.807) is 12.1 Å². The molecule has 0 aliphatic heterocycles. The summed E-state index contributed by atoms with van der Waals surface area (Å²) in [5.74, 6) is -1.77. The number of H-pyrrole nitrogens is 1. The molecule has 0 saturated heterocycles. The lowest BCUT2D eigenvalue weighted by atomic mass is 10.0. The third kappa shape index (κ3) is 5.80. The Bertz CT molecular complexity index is 1620. The monoisotopic (exact) mass is 548 g/mol. The van der Waals surface area contributed by atoms with Crippen LogP contribution < -0.4 is 31.0 Å². The number of ether oxygens (including phenoxy) is 3. The van der Waals surface area contributed by atoms with E-state index < -0.39 is 23.5 Å². The molecule has 0 saturated carbocycles. The van der Waals surface area contributed by atoms with Gasteiger partial charge in [0.05, 0.1) is 12.7 Å². The number of aromatic nitrogens is 5. The molecule has 0 spiro atoms. The Hall–Kier alpha value is -5.53. The Labute approximate surface area is 227 Å². The van der Waals surface area contributed by atoms with Crippen LogP contribution in [0.3, 0.4) is 0 Å². The molecule has 2 aromatic heterocycles. The largest absolute Gasteiger partial charge is 0.493 e. The molecule has 0 amide bonds. The minimum Gasteiger partial charge on any atom is -0.493 e. The Morgan fingerprint density at radius 2 is 2.02 bits per heavy atom. The Kier molecular flexibility index (Phi) is 8.18. The number of nitrogens with one attached hydrogen (secondary N) is 3. The quantitative estimate of drug-likeness (QED) is 0.0714. The number of aromatic amines is 1. The third-order valence-electron chi connectivity index (χ3n) is 5.45. The van der Waals surface area contributed by atoms with Crippen molar-refractivity contribution in [2.45, 2.75) is 13.0 Å². The smallest absolute Gasteiger partial charge is 0.350 e. The van der Waals surface area contributed by atoms with Crippen molar-refractivity contribution in [2.24, 2.45) is 5.73 Å². The number of amidine groups is 1. The van der Waals surface area contributed by atoms with Gasteiger partial charge in [0, 0.05) is 36.6 Å². The predicted molar refractivity (Wildman–Crippen MR) is 143 cm³/mol. The standard InChI is InChI=1S/C26H25FN8O5/c1-4-12-39-22-18(38-3)9-8-17(20(22)27)21(24-33-26(37)35(34-24)25-30-10-5-11-31-25)32-15-6-7-16(23(28)29)19(13-15)40-14(2)36/h4-11,13,21,32H,1,12H2,2-3H3,(H3,28,29)(H,33,34,37). The summed E-state index contributed by atoms with van der Waals surface area (Å²) >= 11 is 0. The number of hydrogen-bond donors (Lipinski definition) is 4. The van der Waals surface area contributed by atoms with Gasteiger partial charge in [0.2, 0.25) is 0 Å². The molecule has 0 fully saturated rings. The van der Waals surface area contributed by atoms with Crippen molar-refractivity contribution < 1.29 is 23.4 Å². The topological polar surface area (TPSA) is 183 Å². The molecule has 206 valence electrons. The second kappa shape index (κ2) is 11.9. The maximum atomic E-state index is 16.0. The average molecular weight is 549 g/mol. The molecule has 0 bridgehead atoms. The number of methoxy groups -OCH3 is 1. The van der Waals surface area contributed by atoms with Crippen molar-refractivity contribution >= 4 is 17.5 Å². The second-order valence-electron chi connectivity index (χ2n) is 8.17. The number of nitrogens with two attached hydrogens (primary N) is 1. The fourth-order valence-corrected chi connectivity index (χ4v) is 3.75. The third-order valence-corrected chi connectivity index (χ3v) is 5.45. The molecule has 13 nitrogen and oxygen atoms in total. The maximum Gasteiger partial charge on any atom is 0.350 e. The van der Waals surface area contributed by atoms with Crippen LogP contribution in [0.2, 0.25) is 0 Å². The lowest BCUT2D eigenvalue weighted by Crippen LogP contribution is -2.18. The molecular weight excluding hydrogens is 523 g/mol. The molecule has 5 N–H and O–H groups in total. The van der Waals surface area contributed by atoms with Gasteiger partial charge in [0.15, 0.2) is 23.1 Å². The number of carbonyl (C=O) groups excluding carboxylic acids is 1. The van der Waals surface area contributed by atoms with Crippen LogP contribution in [0.15, 0.2) is 66.2 Å². The van der Waals surface area contributed by atoms with Crippen LogP contribution in [0.1, 0.15) is 29.9 Å². The van der Waals surface area contributed by atoms with E-state index in [0.717, 1.165) is 4.68 Å². The van der Waals surface area contributed by atoms with Crippen molar-refractivity contribution in [3.8, 4) is 23.2 Å². The highest BCUT2D eigenvalue weighted by Crippen LogP contribution is 2.37. The van der Waals surface area contributed by atoms with Crippen LogP contribution in [0.25, 0.3) is 5.95 Å². The lowest BCUT2D eigenvalue weighted by molar-refractivity contribution is -0.131. The molecule has 0 aliphatic rings. The average Bonchev–Trinajstić information content (AvgIpc) is 3.32. The van der Waals surface area contributed by atoms with Crippen molar-refractivity contribution in [2.75, 3.05) is 19.0 Å². The van der Waals surface area contributed by atoms with E-state index in [1.807, 2.05) is 0 Å². The number of rotatable bonds is 11. The molecule has 0 radical (unpaired) electrons. The molecular formula is C26H25FN8O5. The first-order valence-corrected chi connectivity index (χ1v) is 11.7. The van der Waals surface area contributed by atoms with Gasteiger partial charge in [-0.2, -0.15) is 0 Å². The van der Waals surface area contributed by atoms with Gasteiger partial charge in [0.1, 0.15) is 24.2 Å². The van der Waals surface area contributed by atoms with Crippen molar-refractivity contribution in [3.05, 3.63) is 94.7 Å². The highest BCUT2D eigenvalue weighted by atomic mass is 19.1. The van der Waals surface area contributed by atoms with E-state index in [4.69, 9.17) is 25.4 Å². The summed E-state index contributed by atoms with van der Waals surface area (Å²) in [5.41, 5.74) is 5.48. The van der Waals surface area contributed by atoms with E-state index in [0.29, 0.717) is 5.69 Å². The van der Waals surface area contributed by atoms with Crippen LogP contribution in [0, 0.1) is 11.2 Å². The molecule has 1 atom stereocenters. The molecule has 14 heteroatoms. The summed E-state index contributed by atoms with van der Waals surface area (Å²) in [5, 5.41) is 15.2. The van der Waals surface area contributed by atoms with Crippen LogP contribution in [0.5, 0.6) is 17.2 Å². The zero-order valence-electron chi connectivity index (χ0n) is 21.5. The first-order chi connectivity index (χ1) is 19.2. The minimum absolute atomic E-state index is 0.000807. The summed E-state index contributed by atoms with van der Waals surface area (Å²) in [4.78, 5) is 35.2. The fraction of sp³-hybridized carbons (Fsp3) is 0.154. The molecule has 2 aromatic carbocycles. The van der Waals surface area contributed by atoms with E-state index >= 15 is 4.39 Å². The molecule has 4 aromatic rings. The van der Waals surface area contributed by atoms with Gasteiger partial charge in [-0.1, -0.05) is 12.7 Å². The number of esters is 1. The summed E-state index contributed by atoms with van der Waals surface area (Å²) in [6, 6.07) is 7.82. The molecule has 2 heterocycles. The van der Waals surface area contributed by atoms with Gasteiger partial charge in [-0.25, -0.2) is 19.2 Å². The van der Waals surface area contributed by atoms with Gasteiger partial charge in [-0.05, 0) is 30.3 Å². The molecule has 0 aliphatic carbocycles. The van der Waals surface area contributed by atoms with Crippen molar-refractivity contribution in [1.82, 2.24) is 24.7 Å². The SMILES string of the molecule is C=CCOc1c(OC)ccc(C(Nc2ccc(C(=N)N)c(OC(C)=O)c2)c2nn(-c3ncccn3)c(=O)[nH]2)c1F. The van der Waals surface area contributed by atoms with Crippen molar-refractivity contribution in [3.63, 3.8) is 0 Å². The van der Waals surface area contributed by atoms with Crippen LogP contribution in [-0.4, -0.2) is 50.3 Å². The molecule has 1 unspecified atom stereocenters. The van der Waals surface area contributed by atoms with E-state index in [-0.39, 0.29) is 52.6 Å². The number of hydrogen-bond acceptors (Lipinski definition) is 10. The number of benzene rings is 2. The first-order valence-electron chi connectivity index (χ1n) is 11.7. The van der Waals surface area contributed by atoms with E-state index in [1.165, 1.54) is 56.8 Å². The maximum absolute atomic E-state index is 16.0. The minimum atomic E-state index is -1.12. The Morgan fingerprint density at radius 3 is 2.67 bits per heavy atom. The number of carbonyl (C=O) groups is 1. The van der Waals surface area contributed by atoms with Gasteiger partial charge >= 0.3 is 11.7 Å². The Morgan fingerprint density at radius 1 is 1.27 bits per heavy atom. The predicted octanol–water partition coefficient (Wildman–Crippen LogP) is 2.47. The summed E-state index contributed by atoms with van der Waals surface area (Å²) in [7, 11) is 1.37. The van der Waals surface area contributed by atoms with Gasteiger partial charge in [-0.3, -0.25) is 15.2 Å². The first kappa shape index (κ1) is 27.5. The van der Waals surface area contributed by atoms with Crippen LogP contribution in [0.4, 0.5) is 10.1 Å². The molecule has 40 heavy (non-hydrogen) atoms. The number of nitrogen functional groups attached to an aromatic ring is 1. The van der Waals surface area contributed by atoms with Gasteiger partial charge in [0.25, 0.3) is 5.95 Å². The zero-order chi connectivity index (χ0) is 28.8. The Balaban J connectivity index is 1.87.